The monoisotopic (exact) mass is 318 g/mol. The molecule has 0 spiro atoms. The van der Waals surface area contributed by atoms with E-state index in [-0.39, 0.29) is 6.42 Å². The number of allylic oxidation sites excluding steroid dienone is 1. The van der Waals surface area contributed by atoms with Gasteiger partial charge in [0.15, 0.2) is 5.70 Å². The summed E-state index contributed by atoms with van der Waals surface area (Å²) in [5.41, 5.74) is 2.84. The molecule has 4 nitrogen and oxygen atoms in total. The molecule has 2 aromatic rings. The number of rotatable bonds is 4. The number of aryl methyl sites for hydroxylation is 1. The van der Waals surface area contributed by atoms with Gasteiger partial charge in [0.2, 0.25) is 0 Å². The van der Waals surface area contributed by atoms with Crippen molar-refractivity contribution in [3.05, 3.63) is 41.7 Å². The number of halogens is 3. The molecule has 1 aromatic heterocycles. The molecule has 1 aliphatic heterocycles. The first kappa shape index (κ1) is 15.3. The highest BCUT2D eigenvalue weighted by Crippen LogP contribution is 2.29. The van der Waals surface area contributed by atoms with E-state index in [1.54, 1.807) is 6.20 Å². The van der Waals surface area contributed by atoms with E-state index < -0.39 is 12.6 Å². The van der Waals surface area contributed by atoms with Crippen molar-refractivity contribution < 1.29 is 13.2 Å². The number of nitrogens with zero attached hydrogens (tertiary/aromatic N) is 4. The third kappa shape index (κ3) is 3.26. The number of hydrogen-bond acceptors (Lipinski definition) is 3. The van der Waals surface area contributed by atoms with Crippen molar-refractivity contribution in [1.82, 2.24) is 4.57 Å². The molecule has 2 heterocycles. The average molecular weight is 318 g/mol. The largest absolute Gasteiger partial charge is 0.389 e. The summed E-state index contributed by atoms with van der Waals surface area (Å²) < 4.78 is 38.5. The smallest absolute Gasteiger partial charge is 0.347 e. The van der Waals surface area contributed by atoms with Gasteiger partial charge in [0.1, 0.15) is 6.07 Å². The van der Waals surface area contributed by atoms with E-state index in [4.69, 9.17) is 5.26 Å². The molecule has 0 saturated heterocycles. The Morgan fingerprint density at radius 1 is 1.26 bits per heavy atom. The van der Waals surface area contributed by atoms with Crippen LogP contribution in [0, 0.1) is 11.3 Å². The molecule has 23 heavy (non-hydrogen) atoms. The molecule has 0 bridgehead atoms. The van der Waals surface area contributed by atoms with E-state index >= 15 is 0 Å². The minimum Gasteiger partial charge on any atom is -0.347 e. The van der Waals surface area contributed by atoms with Crippen LogP contribution in [0.25, 0.3) is 16.5 Å². The number of benzene rings is 1. The zero-order chi connectivity index (χ0) is 16.4. The topological polar surface area (TPSA) is 53.4 Å². The van der Waals surface area contributed by atoms with Crippen LogP contribution in [0.3, 0.4) is 0 Å². The number of nitriles is 1. The Bertz CT molecular complexity index is 837. The summed E-state index contributed by atoms with van der Waals surface area (Å²) in [5, 5.41) is 17.6. The van der Waals surface area contributed by atoms with Gasteiger partial charge in [-0.15, -0.1) is 5.11 Å². The summed E-state index contributed by atoms with van der Waals surface area (Å²) in [7, 11) is 0. The molecule has 7 heteroatoms. The van der Waals surface area contributed by atoms with Crippen molar-refractivity contribution in [2.75, 3.05) is 6.54 Å². The lowest BCUT2D eigenvalue weighted by Gasteiger charge is -2.08. The van der Waals surface area contributed by atoms with Crippen LogP contribution in [0.4, 0.5) is 13.2 Å². The lowest BCUT2D eigenvalue weighted by Crippen LogP contribution is -2.08. The van der Waals surface area contributed by atoms with Crippen LogP contribution in [0.1, 0.15) is 18.4 Å². The van der Waals surface area contributed by atoms with Gasteiger partial charge in [-0.2, -0.15) is 23.5 Å². The Hall–Kier alpha value is -2.62. The van der Waals surface area contributed by atoms with Crippen molar-refractivity contribution in [2.45, 2.75) is 25.6 Å². The Morgan fingerprint density at radius 2 is 2.09 bits per heavy atom. The summed E-state index contributed by atoms with van der Waals surface area (Å²) in [6.07, 6.45) is -3.07. The van der Waals surface area contributed by atoms with Crippen LogP contribution in [-0.2, 0) is 6.54 Å². The van der Waals surface area contributed by atoms with Crippen LogP contribution in [0.5, 0.6) is 0 Å². The van der Waals surface area contributed by atoms with Crippen LogP contribution in [0.2, 0.25) is 0 Å². The molecule has 0 saturated carbocycles. The molecule has 0 N–H and O–H groups in total. The lowest BCUT2D eigenvalue weighted by molar-refractivity contribution is -0.135. The molecule has 0 fully saturated rings. The zero-order valence-electron chi connectivity index (χ0n) is 12.1. The summed E-state index contributed by atoms with van der Waals surface area (Å²) in [4.78, 5) is 0. The van der Waals surface area contributed by atoms with Crippen LogP contribution >= 0.6 is 0 Å². The third-order valence-corrected chi connectivity index (χ3v) is 3.77. The fourth-order valence-corrected chi connectivity index (χ4v) is 2.66. The molecule has 3 rings (SSSR count). The first-order chi connectivity index (χ1) is 11.0. The molecule has 1 aromatic carbocycles. The predicted octanol–water partition coefficient (Wildman–Crippen LogP) is 4.68. The molecule has 118 valence electrons. The van der Waals surface area contributed by atoms with Crippen LogP contribution < -0.4 is 0 Å². The molecule has 0 amide bonds. The second-order valence-electron chi connectivity index (χ2n) is 5.34. The van der Waals surface area contributed by atoms with Gasteiger partial charge in [0, 0.05) is 35.6 Å². The Morgan fingerprint density at radius 3 is 2.83 bits per heavy atom. The predicted molar refractivity (Wildman–Crippen MR) is 79.5 cm³/mol. The molecule has 0 radical (unpaired) electrons. The summed E-state index contributed by atoms with van der Waals surface area (Å²) in [5.74, 6) is 0. The van der Waals surface area contributed by atoms with Gasteiger partial charge in [-0.1, -0.05) is 6.07 Å². The molecule has 0 aliphatic carbocycles. The first-order valence-corrected chi connectivity index (χ1v) is 7.15. The Kier molecular flexibility index (Phi) is 3.90. The maximum absolute atomic E-state index is 12.2. The third-order valence-electron chi connectivity index (χ3n) is 3.77. The van der Waals surface area contributed by atoms with E-state index in [1.165, 1.54) is 0 Å². The highest BCUT2D eigenvalue weighted by Gasteiger charge is 2.26. The van der Waals surface area contributed by atoms with Crippen LogP contribution in [-0.4, -0.2) is 17.3 Å². The number of azo groups is 1. The number of aromatic nitrogens is 1. The molecule has 1 aliphatic rings. The van der Waals surface area contributed by atoms with Crippen LogP contribution in [0.15, 0.2) is 46.4 Å². The first-order valence-electron chi connectivity index (χ1n) is 7.15. The highest BCUT2D eigenvalue weighted by molar-refractivity contribution is 5.86. The molecular weight excluding hydrogens is 305 g/mol. The summed E-state index contributed by atoms with van der Waals surface area (Å²) in [6.45, 7) is 0.694. The average Bonchev–Trinajstić information content (AvgIpc) is 3.12. The quantitative estimate of drug-likeness (QED) is 0.807. The maximum atomic E-state index is 12.2. The summed E-state index contributed by atoms with van der Waals surface area (Å²) in [6, 6.07) is 9.51. The normalized spacial score (nSPS) is 14.7. The maximum Gasteiger partial charge on any atom is 0.389 e. The van der Waals surface area contributed by atoms with Crippen molar-refractivity contribution in [2.24, 2.45) is 10.2 Å². The van der Waals surface area contributed by atoms with Gasteiger partial charge >= 0.3 is 6.18 Å². The van der Waals surface area contributed by atoms with E-state index in [0.717, 1.165) is 22.0 Å². The second kappa shape index (κ2) is 5.88. The van der Waals surface area contributed by atoms with Gasteiger partial charge in [-0.3, -0.25) is 0 Å². The summed E-state index contributed by atoms with van der Waals surface area (Å²) >= 11 is 0. The lowest BCUT2D eigenvalue weighted by atomic mass is 10.0. The number of hydrogen-bond donors (Lipinski definition) is 0. The van der Waals surface area contributed by atoms with E-state index in [1.807, 2.05) is 34.9 Å². The van der Waals surface area contributed by atoms with Gasteiger partial charge < -0.3 is 4.57 Å². The van der Waals surface area contributed by atoms with Gasteiger partial charge in [-0.05, 0) is 30.2 Å². The highest BCUT2D eigenvalue weighted by atomic mass is 19.4. The van der Waals surface area contributed by atoms with Crippen molar-refractivity contribution in [3.8, 4) is 6.07 Å². The Balaban J connectivity index is 1.82. The van der Waals surface area contributed by atoms with Crippen molar-refractivity contribution >= 4 is 16.5 Å². The Labute approximate surface area is 130 Å². The van der Waals surface area contributed by atoms with Crippen molar-refractivity contribution in [1.29, 1.82) is 5.26 Å². The minimum absolute atomic E-state index is 0.0521. The molecule has 0 atom stereocenters. The van der Waals surface area contributed by atoms with E-state index in [9.17, 15) is 13.2 Å². The van der Waals surface area contributed by atoms with E-state index in [2.05, 4.69) is 10.2 Å². The van der Waals surface area contributed by atoms with Crippen molar-refractivity contribution in [3.63, 3.8) is 0 Å². The fraction of sp³-hybridized carbons (Fsp3) is 0.312. The molecule has 0 unspecified atom stereocenters. The van der Waals surface area contributed by atoms with Gasteiger partial charge in [0.25, 0.3) is 0 Å². The SMILES string of the molecule is N#CC1=C(c2ccc3c(ccn3CCCC(F)(F)F)c2)CN=N1. The minimum atomic E-state index is -4.12. The molecular formula is C16H13F3N4. The standard InChI is InChI=1S/C16H13F3N4/c17-16(18,19)5-1-6-23-7-4-12-8-11(2-3-15(12)23)13-10-21-22-14(13)9-20/h2-4,7-8H,1,5-6,10H2. The second-order valence-corrected chi connectivity index (χ2v) is 5.34. The number of fused-ring (bicyclic) bond motifs is 1. The van der Waals surface area contributed by atoms with Gasteiger partial charge in [0.05, 0.1) is 6.54 Å². The van der Waals surface area contributed by atoms with E-state index in [0.29, 0.717) is 18.8 Å². The zero-order valence-corrected chi connectivity index (χ0v) is 12.1. The van der Waals surface area contributed by atoms with Gasteiger partial charge in [-0.25, -0.2) is 0 Å². The number of alkyl halides is 3. The fourth-order valence-electron chi connectivity index (χ4n) is 2.66.